The SMILES string of the molecule is O=C([O-])c1ccc(NC(=O)c2ccc(N3C(=O)[C@@H]4[C@H](C3=O)[C@H]3C=C[C@H]4C3)cc2)cc1. The van der Waals surface area contributed by atoms with Crippen LogP contribution in [0.1, 0.15) is 27.1 Å². The molecule has 1 saturated carbocycles. The molecule has 2 bridgehead atoms. The Bertz CT molecular complexity index is 1070. The summed E-state index contributed by atoms with van der Waals surface area (Å²) in [6.45, 7) is 0. The van der Waals surface area contributed by atoms with E-state index in [0.717, 1.165) is 6.42 Å². The smallest absolute Gasteiger partial charge is 0.255 e. The molecule has 1 N–H and O–H groups in total. The van der Waals surface area contributed by atoms with E-state index >= 15 is 0 Å². The van der Waals surface area contributed by atoms with E-state index in [1.165, 1.54) is 29.2 Å². The van der Waals surface area contributed by atoms with Crippen molar-refractivity contribution in [2.45, 2.75) is 6.42 Å². The summed E-state index contributed by atoms with van der Waals surface area (Å²) >= 11 is 0. The van der Waals surface area contributed by atoms with Gasteiger partial charge in [0.05, 0.1) is 23.5 Å². The highest BCUT2D eigenvalue weighted by Crippen LogP contribution is 2.53. The number of rotatable bonds is 4. The van der Waals surface area contributed by atoms with Gasteiger partial charge in [0.1, 0.15) is 0 Å². The van der Waals surface area contributed by atoms with Crippen LogP contribution in [0, 0.1) is 23.7 Å². The molecule has 7 nitrogen and oxygen atoms in total. The standard InChI is InChI=1S/C23H18N2O5/c26-20(24-16-7-3-13(4-8-16)23(29)30)12-5-9-17(10-6-12)25-21(27)18-14-1-2-15(11-14)19(18)22(25)28/h1-10,14-15,18-19H,11H2,(H,24,26)(H,29,30)/p-1/t14-,15-,18-,19+/m0/s1. The van der Waals surface area contributed by atoms with Gasteiger partial charge in [-0.2, -0.15) is 0 Å². The zero-order chi connectivity index (χ0) is 21.0. The lowest BCUT2D eigenvalue weighted by molar-refractivity contribution is -0.255. The zero-order valence-corrected chi connectivity index (χ0v) is 15.8. The Morgan fingerprint density at radius 1 is 0.833 bits per heavy atom. The molecule has 7 heteroatoms. The second-order valence-corrected chi connectivity index (χ2v) is 7.88. The summed E-state index contributed by atoms with van der Waals surface area (Å²) in [4.78, 5) is 50.2. The summed E-state index contributed by atoms with van der Waals surface area (Å²) in [5.74, 6) is -2.23. The molecule has 3 amide bonds. The molecule has 0 spiro atoms. The normalized spacial score (nSPS) is 26.2. The number of aromatic carboxylic acids is 1. The van der Waals surface area contributed by atoms with E-state index in [0.29, 0.717) is 16.9 Å². The number of hydrogen-bond donors (Lipinski definition) is 1. The maximum atomic E-state index is 12.9. The van der Waals surface area contributed by atoms with Crippen LogP contribution in [0.4, 0.5) is 11.4 Å². The van der Waals surface area contributed by atoms with Crippen LogP contribution in [0.15, 0.2) is 60.7 Å². The highest BCUT2D eigenvalue weighted by molar-refractivity contribution is 6.23. The molecule has 4 atom stereocenters. The molecule has 0 radical (unpaired) electrons. The van der Waals surface area contributed by atoms with Crippen molar-refractivity contribution in [1.82, 2.24) is 0 Å². The predicted octanol–water partition coefficient (Wildman–Crippen LogP) is 1.61. The van der Waals surface area contributed by atoms with E-state index in [1.807, 2.05) is 12.2 Å². The van der Waals surface area contributed by atoms with E-state index in [9.17, 15) is 24.3 Å². The van der Waals surface area contributed by atoms with Gasteiger partial charge in [0.2, 0.25) is 11.8 Å². The fourth-order valence-corrected chi connectivity index (χ4v) is 4.81. The molecule has 5 rings (SSSR count). The lowest BCUT2D eigenvalue weighted by Gasteiger charge is -2.17. The Kier molecular flexibility index (Phi) is 4.06. The third-order valence-electron chi connectivity index (χ3n) is 6.24. The number of carbonyl (C=O) groups excluding carboxylic acids is 4. The van der Waals surface area contributed by atoms with Gasteiger partial charge in [-0.3, -0.25) is 19.3 Å². The number of anilines is 2. The van der Waals surface area contributed by atoms with Crippen molar-refractivity contribution in [3.8, 4) is 0 Å². The van der Waals surface area contributed by atoms with E-state index in [2.05, 4.69) is 5.32 Å². The van der Waals surface area contributed by atoms with Gasteiger partial charge in [0, 0.05) is 11.3 Å². The van der Waals surface area contributed by atoms with Crippen molar-refractivity contribution in [3.05, 3.63) is 71.8 Å². The fraction of sp³-hybridized carbons (Fsp3) is 0.217. The van der Waals surface area contributed by atoms with Crippen LogP contribution in [-0.4, -0.2) is 23.7 Å². The minimum absolute atomic E-state index is 0.0192. The molecule has 0 unspecified atom stereocenters. The Labute approximate surface area is 172 Å². The second-order valence-electron chi connectivity index (χ2n) is 7.88. The van der Waals surface area contributed by atoms with Crippen molar-refractivity contribution in [2.24, 2.45) is 23.7 Å². The van der Waals surface area contributed by atoms with Gasteiger partial charge in [-0.05, 0) is 60.2 Å². The summed E-state index contributed by atoms with van der Waals surface area (Å²) in [5, 5.41) is 13.5. The van der Waals surface area contributed by atoms with Crippen LogP contribution in [0.5, 0.6) is 0 Å². The molecular formula is C23H17N2O5-. The van der Waals surface area contributed by atoms with Crippen LogP contribution in [0.25, 0.3) is 0 Å². The van der Waals surface area contributed by atoms with Gasteiger partial charge in [0.15, 0.2) is 0 Å². The number of nitrogens with zero attached hydrogens (tertiary/aromatic N) is 1. The molecule has 1 aliphatic heterocycles. The molecule has 2 aromatic rings. The van der Waals surface area contributed by atoms with E-state index in [4.69, 9.17) is 0 Å². The van der Waals surface area contributed by atoms with Crippen LogP contribution in [0.3, 0.4) is 0 Å². The van der Waals surface area contributed by atoms with E-state index in [1.54, 1.807) is 24.3 Å². The number of nitrogens with one attached hydrogen (secondary N) is 1. The fourth-order valence-electron chi connectivity index (χ4n) is 4.81. The van der Waals surface area contributed by atoms with Gasteiger partial charge in [-0.25, -0.2) is 0 Å². The van der Waals surface area contributed by atoms with E-state index in [-0.39, 0.29) is 47.0 Å². The monoisotopic (exact) mass is 401 g/mol. The molecule has 0 aromatic heterocycles. The third-order valence-corrected chi connectivity index (χ3v) is 6.24. The van der Waals surface area contributed by atoms with Crippen molar-refractivity contribution in [2.75, 3.05) is 10.2 Å². The number of benzene rings is 2. The summed E-state index contributed by atoms with van der Waals surface area (Å²) in [6, 6.07) is 11.9. The summed E-state index contributed by atoms with van der Waals surface area (Å²) in [7, 11) is 0. The lowest BCUT2D eigenvalue weighted by atomic mass is 9.85. The highest BCUT2D eigenvalue weighted by Gasteiger charge is 2.59. The Morgan fingerprint density at radius 2 is 1.37 bits per heavy atom. The zero-order valence-electron chi connectivity index (χ0n) is 15.8. The Hall–Kier alpha value is -3.74. The van der Waals surface area contributed by atoms with E-state index < -0.39 is 5.97 Å². The quantitative estimate of drug-likeness (QED) is 0.619. The Morgan fingerprint density at radius 3 is 1.90 bits per heavy atom. The van der Waals surface area contributed by atoms with Crippen LogP contribution >= 0.6 is 0 Å². The summed E-state index contributed by atoms with van der Waals surface area (Å²) < 4.78 is 0. The molecule has 3 aliphatic rings. The van der Waals surface area contributed by atoms with Gasteiger partial charge < -0.3 is 15.2 Å². The molecule has 2 aliphatic carbocycles. The maximum absolute atomic E-state index is 12.9. The molecule has 30 heavy (non-hydrogen) atoms. The highest BCUT2D eigenvalue weighted by atomic mass is 16.4. The molecule has 1 saturated heterocycles. The topological polar surface area (TPSA) is 107 Å². The number of allylic oxidation sites excluding steroid dienone is 2. The largest absolute Gasteiger partial charge is 0.545 e. The first-order valence-electron chi connectivity index (χ1n) is 9.73. The van der Waals surface area contributed by atoms with Crippen molar-refractivity contribution < 1.29 is 24.3 Å². The Balaban J connectivity index is 1.31. The first-order valence-corrected chi connectivity index (χ1v) is 9.73. The number of carboxylic acids is 1. The van der Waals surface area contributed by atoms with Gasteiger partial charge in [0.25, 0.3) is 5.91 Å². The van der Waals surface area contributed by atoms with Crippen molar-refractivity contribution in [1.29, 1.82) is 0 Å². The average molecular weight is 401 g/mol. The molecule has 1 heterocycles. The number of amides is 3. The third kappa shape index (κ3) is 2.74. The molecule has 2 aromatic carbocycles. The van der Waals surface area contributed by atoms with Crippen LogP contribution in [-0.2, 0) is 9.59 Å². The summed E-state index contributed by atoms with van der Waals surface area (Å²) in [6.07, 6.45) is 4.98. The number of hydrogen-bond acceptors (Lipinski definition) is 5. The first-order chi connectivity index (χ1) is 14.4. The van der Waals surface area contributed by atoms with Crippen LogP contribution in [0.2, 0.25) is 0 Å². The van der Waals surface area contributed by atoms with Crippen molar-refractivity contribution in [3.63, 3.8) is 0 Å². The van der Waals surface area contributed by atoms with Gasteiger partial charge in [-0.15, -0.1) is 0 Å². The number of carbonyl (C=O) groups is 4. The maximum Gasteiger partial charge on any atom is 0.255 e. The average Bonchev–Trinajstić information content (AvgIpc) is 3.42. The lowest BCUT2D eigenvalue weighted by Crippen LogP contribution is -2.32. The number of fused-ring (bicyclic) bond motifs is 5. The second kappa shape index (κ2) is 6.66. The van der Waals surface area contributed by atoms with Crippen molar-refractivity contribution >= 4 is 35.1 Å². The summed E-state index contributed by atoms with van der Waals surface area (Å²) in [5.41, 5.74) is 1.28. The van der Waals surface area contributed by atoms with Crippen LogP contribution < -0.4 is 15.3 Å². The minimum atomic E-state index is -1.29. The van der Waals surface area contributed by atoms with Gasteiger partial charge >= 0.3 is 0 Å². The first kappa shape index (κ1) is 18.3. The molecular weight excluding hydrogens is 384 g/mol. The number of imide groups is 1. The predicted molar refractivity (Wildman–Crippen MR) is 105 cm³/mol. The number of carboxylic acid groups (broad SMARTS) is 1. The van der Waals surface area contributed by atoms with Gasteiger partial charge in [-0.1, -0.05) is 24.3 Å². The molecule has 150 valence electrons. The minimum Gasteiger partial charge on any atom is -0.545 e. The molecule has 2 fully saturated rings.